The van der Waals surface area contributed by atoms with Crippen molar-refractivity contribution in [3.05, 3.63) is 6.04 Å². The lowest BCUT2D eigenvalue weighted by atomic mass is 10.1. The van der Waals surface area contributed by atoms with Gasteiger partial charge in [-0.15, -0.1) is 0 Å². The van der Waals surface area contributed by atoms with Crippen LogP contribution in [0.5, 0.6) is 0 Å². The Morgan fingerprint density at radius 1 is 1.38 bits per heavy atom. The maximum atomic E-state index is 5.58. The average Bonchev–Trinajstić information content (AvgIpc) is 1.83. The van der Waals surface area contributed by atoms with Crippen molar-refractivity contribution in [3.63, 3.8) is 0 Å². The summed E-state index contributed by atoms with van der Waals surface area (Å²) in [6.07, 6.45) is 4.66. The molecule has 0 aliphatic rings. The standard InChI is InChI=1S/C7H16N/c1-3-5-6-7(8)4-2/h3-6,8H2,1-2H3. The highest BCUT2D eigenvalue weighted by Crippen LogP contribution is 2.06. The van der Waals surface area contributed by atoms with Crippen molar-refractivity contribution in [1.29, 1.82) is 0 Å². The summed E-state index contributed by atoms with van der Waals surface area (Å²) in [6.45, 7) is 4.29. The minimum atomic E-state index is 1.04. The number of rotatable bonds is 4. The molecule has 0 unspecified atom stereocenters. The Bertz CT molecular complexity index is 43.7. The van der Waals surface area contributed by atoms with Crippen LogP contribution in [-0.4, -0.2) is 0 Å². The van der Waals surface area contributed by atoms with Crippen molar-refractivity contribution < 1.29 is 0 Å². The second-order valence-electron chi connectivity index (χ2n) is 2.12. The number of nitrogens with two attached hydrogens (primary N) is 1. The van der Waals surface area contributed by atoms with Crippen molar-refractivity contribution in [2.45, 2.75) is 39.5 Å². The van der Waals surface area contributed by atoms with E-state index in [2.05, 4.69) is 13.8 Å². The zero-order chi connectivity index (χ0) is 6.41. The summed E-state index contributed by atoms with van der Waals surface area (Å²) in [4.78, 5) is 0. The van der Waals surface area contributed by atoms with E-state index in [1.165, 1.54) is 12.8 Å². The highest BCUT2D eigenvalue weighted by atomic mass is 14.6. The van der Waals surface area contributed by atoms with Crippen LogP contribution in [-0.2, 0) is 0 Å². The summed E-state index contributed by atoms with van der Waals surface area (Å²) < 4.78 is 0. The van der Waals surface area contributed by atoms with E-state index in [-0.39, 0.29) is 0 Å². The van der Waals surface area contributed by atoms with E-state index in [4.69, 9.17) is 5.73 Å². The van der Waals surface area contributed by atoms with Crippen molar-refractivity contribution in [1.82, 2.24) is 0 Å². The average molecular weight is 114 g/mol. The van der Waals surface area contributed by atoms with Crippen LogP contribution in [0.25, 0.3) is 0 Å². The van der Waals surface area contributed by atoms with E-state index in [0.717, 1.165) is 18.9 Å². The van der Waals surface area contributed by atoms with Crippen LogP contribution in [0.1, 0.15) is 39.5 Å². The molecule has 49 valence electrons. The Balaban J connectivity index is 2.86. The predicted octanol–water partition coefficient (Wildman–Crippen LogP) is 2.08. The first-order valence-electron chi connectivity index (χ1n) is 3.41. The molecular formula is C7H16N. The van der Waals surface area contributed by atoms with Gasteiger partial charge in [-0.1, -0.05) is 26.7 Å². The highest BCUT2D eigenvalue weighted by Gasteiger charge is 1.95. The Morgan fingerprint density at radius 2 is 2.00 bits per heavy atom. The van der Waals surface area contributed by atoms with Gasteiger partial charge in [0.1, 0.15) is 0 Å². The summed E-state index contributed by atoms with van der Waals surface area (Å²) in [6, 6.07) is 1.15. The molecule has 8 heavy (non-hydrogen) atoms. The first kappa shape index (κ1) is 7.96. The molecule has 0 aliphatic heterocycles. The van der Waals surface area contributed by atoms with Gasteiger partial charge in [-0.3, -0.25) is 0 Å². The maximum absolute atomic E-state index is 5.58. The summed E-state index contributed by atoms with van der Waals surface area (Å²) >= 11 is 0. The van der Waals surface area contributed by atoms with Crippen LogP contribution < -0.4 is 5.73 Å². The molecular weight excluding hydrogens is 98.1 g/mol. The summed E-state index contributed by atoms with van der Waals surface area (Å²) in [5.74, 6) is 0. The van der Waals surface area contributed by atoms with E-state index in [1.54, 1.807) is 0 Å². The van der Waals surface area contributed by atoms with E-state index in [0.29, 0.717) is 0 Å². The number of hydrogen-bond acceptors (Lipinski definition) is 1. The molecule has 2 N–H and O–H groups in total. The molecule has 0 amide bonds. The van der Waals surface area contributed by atoms with Gasteiger partial charge in [0.05, 0.1) is 0 Å². The van der Waals surface area contributed by atoms with Crippen LogP contribution >= 0.6 is 0 Å². The third kappa shape index (κ3) is 4.13. The van der Waals surface area contributed by atoms with Gasteiger partial charge < -0.3 is 5.73 Å². The molecule has 0 aliphatic carbocycles. The van der Waals surface area contributed by atoms with Gasteiger partial charge in [0.15, 0.2) is 0 Å². The van der Waals surface area contributed by atoms with Crippen molar-refractivity contribution >= 4 is 0 Å². The maximum Gasteiger partial charge on any atom is 0.0334 e. The summed E-state index contributed by atoms with van der Waals surface area (Å²) in [5, 5.41) is 0. The second-order valence-corrected chi connectivity index (χ2v) is 2.12. The molecule has 0 atom stereocenters. The van der Waals surface area contributed by atoms with Crippen LogP contribution in [0.3, 0.4) is 0 Å². The van der Waals surface area contributed by atoms with Gasteiger partial charge in [0.2, 0.25) is 0 Å². The SMILES string of the molecule is CCCC[C](N)CC. The third-order valence-electron chi connectivity index (χ3n) is 1.31. The first-order valence-corrected chi connectivity index (χ1v) is 3.41. The third-order valence-corrected chi connectivity index (χ3v) is 1.31. The topological polar surface area (TPSA) is 26.0 Å². The van der Waals surface area contributed by atoms with E-state index >= 15 is 0 Å². The molecule has 1 radical (unpaired) electrons. The molecule has 0 saturated heterocycles. The fourth-order valence-corrected chi connectivity index (χ4v) is 0.581. The smallest absolute Gasteiger partial charge is 0.0334 e. The summed E-state index contributed by atoms with van der Waals surface area (Å²) in [5.41, 5.74) is 5.58. The molecule has 0 spiro atoms. The van der Waals surface area contributed by atoms with Crippen LogP contribution in [0.15, 0.2) is 0 Å². The molecule has 0 heterocycles. The fourth-order valence-electron chi connectivity index (χ4n) is 0.581. The lowest BCUT2D eigenvalue weighted by Gasteiger charge is -2.03. The molecule has 0 aromatic carbocycles. The number of hydrogen-bond donors (Lipinski definition) is 1. The van der Waals surface area contributed by atoms with Crippen molar-refractivity contribution in [2.75, 3.05) is 0 Å². The predicted molar refractivity (Wildman–Crippen MR) is 37.2 cm³/mol. The van der Waals surface area contributed by atoms with Gasteiger partial charge in [0, 0.05) is 6.04 Å². The Morgan fingerprint density at radius 3 is 2.38 bits per heavy atom. The van der Waals surface area contributed by atoms with E-state index < -0.39 is 0 Å². The quantitative estimate of drug-likeness (QED) is 0.595. The molecule has 0 bridgehead atoms. The van der Waals surface area contributed by atoms with Crippen LogP contribution in [0, 0.1) is 6.04 Å². The fraction of sp³-hybridized carbons (Fsp3) is 0.857. The van der Waals surface area contributed by atoms with E-state index in [1.807, 2.05) is 0 Å². The highest BCUT2D eigenvalue weighted by molar-refractivity contribution is 4.78. The number of unbranched alkanes of at least 4 members (excludes halogenated alkanes) is 1. The largest absolute Gasteiger partial charge is 0.324 e. The minimum Gasteiger partial charge on any atom is -0.324 e. The minimum absolute atomic E-state index is 1.04. The van der Waals surface area contributed by atoms with Gasteiger partial charge in [-0.2, -0.15) is 0 Å². The van der Waals surface area contributed by atoms with E-state index in [9.17, 15) is 0 Å². The van der Waals surface area contributed by atoms with Gasteiger partial charge in [-0.25, -0.2) is 0 Å². The molecule has 1 nitrogen and oxygen atoms in total. The zero-order valence-electron chi connectivity index (χ0n) is 5.91. The zero-order valence-corrected chi connectivity index (χ0v) is 5.91. The molecule has 0 aromatic rings. The normalized spacial score (nSPS) is 10.5. The molecule has 0 saturated carbocycles. The molecule has 1 heteroatoms. The Labute approximate surface area is 52.3 Å². The summed E-state index contributed by atoms with van der Waals surface area (Å²) in [7, 11) is 0. The van der Waals surface area contributed by atoms with Crippen molar-refractivity contribution in [3.8, 4) is 0 Å². The Kier molecular flexibility index (Phi) is 5.08. The van der Waals surface area contributed by atoms with Gasteiger partial charge in [0.25, 0.3) is 0 Å². The Hall–Kier alpha value is -0.0400. The van der Waals surface area contributed by atoms with Crippen molar-refractivity contribution in [2.24, 2.45) is 5.73 Å². The first-order chi connectivity index (χ1) is 3.81. The lowest BCUT2D eigenvalue weighted by molar-refractivity contribution is 0.678. The molecule has 0 rings (SSSR count). The van der Waals surface area contributed by atoms with Crippen LogP contribution in [0.2, 0.25) is 0 Å². The molecule has 0 aromatic heterocycles. The monoisotopic (exact) mass is 114 g/mol. The van der Waals surface area contributed by atoms with Gasteiger partial charge in [-0.05, 0) is 12.8 Å². The second kappa shape index (κ2) is 5.10. The molecule has 0 fully saturated rings. The van der Waals surface area contributed by atoms with Crippen LogP contribution in [0.4, 0.5) is 0 Å². The lowest BCUT2D eigenvalue weighted by Crippen LogP contribution is -2.07. The van der Waals surface area contributed by atoms with Gasteiger partial charge >= 0.3 is 0 Å².